The third kappa shape index (κ3) is 5.07. The first-order chi connectivity index (χ1) is 16.4. The summed E-state index contributed by atoms with van der Waals surface area (Å²) in [6.07, 6.45) is 0. The molecule has 2 aromatic rings. The van der Waals surface area contributed by atoms with E-state index in [1.807, 2.05) is 6.92 Å². The normalized spacial score (nSPS) is 17.5. The fourth-order valence-electron chi connectivity index (χ4n) is 4.22. The molecular weight excluding hydrogens is 439 g/mol. The van der Waals surface area contributed by atoms with E-state index < -0.39 is 29.3 Å². The Morgan fingerprint density at radius 1 is 1.06 bits per heavy atom. The fourth-order valence-corrected chi connectivity index (χ4v) is 4.22. The molecule has 1 saturated heterocycles. The zero-order valence-corrected chi connectivity index (χ0v) is 20.0. The molecule has 0 saturated carbocycles. The maximum atomic E-state index is 13.4. The van der Waals surface area contributed by atoms with Gasteiger partial charge in [-0.3, -0.25) is 9.59 Å². The van der Waals surface area contributed by atoms with Crippen LogP contribution in [0.1, 0.15) is 37.9 Å². The number of likely N-dealkylation sites (N-methyl/N-ethyl adjacent to an activating group) is 1. The fraction of sp³-hybridized carbons (Fsp3) is 0.385. The van der Waals surface area contributed by atoms with Crippen LogP contribution in [0.25, 0.3) is 5.76 Å². The minimum absolute atomic E-state index is 0.141. The number of hydrogen-bond donors (Lipinski definition) is 1. The van der Waals surface area contributed by atoms with Crippen molar-refractivity contribution in [1.82, 2.24) is 4.90 Å². The molecule has 7 nitrogen and oxygen atoms in total. The molecule has 1 heterocycles. The van der Waals surface area contributed by atoms with Gasteiger partial charge in [0.05, 0.1) is 45.9 Å². The number of benzene rings is 2. The Hall–Kier alpha value is -3.39. The number of Topliss-reactive ketones (excluding diaryl/α,β-unsaturated/α-hetero) is 1. The number of rotatable bonds is 10. The van der Waals surface area contributed by atoms with E-state index in [0.29, 0.717) is 36.8 Å². The Kier molecular flexibility index (Phi) is 8.28. The number of likely N-dealkylation sites (tertiary alicyclic amines) is 1. The molecule has 2 aromatic carbocycles. The number of nitrogens with one attached hydrogen (secondary N) is 1. The van der Waals surface area contributed by atoms with Gasteiger partial charge in [-0.05, 0) is 56.2 Å². The van der Waals surface area contributed by atoms with Crippen molar-refractivity contribution in [2.45, 2.75) is 26.8 Å². The lowest BCUT2D eigenvalue weighted by Crippen LogP contribution is -3.12. The Labute approximate surface area is 199 Å². The first-order valence-electron chi connectivity index (χ1n) is 11.5. The van der Waals surface area contributed by atoms with Crippen molar-refractivity contribution in [3.05, 3.63) is 65.0 Å². The molecule has 0 aromatic heterocycles. The van der Waals surface area contributed by atoms with Gasteiger partial charge in [-0.15, -0.1) is 0 Å². The second-order valence-corrected chi connectivity index (χ2v) is 8.03. The van der Waals surface area contributed by atoms with Crippen molar-refractivity contribution in [2.75, 3.05) is 39.9 Å². The summed E-state index contributed by atoms with van der Waals surface area (Å²) in [6.45, 7) is 9.09. The Balaban J connectivity index is 2.14. The molecule has 34 heavy (non-hydrogen) atoms. The highest BCUT2D eigenvalue weighted by atomic mass is 19.1. The van der Waals surface area contributed by atoms with Crippen LogP contribution in [-0.2, 0) is 9.59 Å². The second-order valence-electron chi connectivity index (χ2n) is 8.03. The van der Waals surface area contributed by atoms with Gasteiger partial charge >= 0.3 is 0 Å². The van der Waals surface area contributed by atoms with Crippen LogP contribution < -0.4 is 19.5 Å². The van der Waals surface area contributed by atoms with E-state index in [2.05, 4.69) is 13.8 Å². The second kappa shape index (κ2) is 11.2. The van der Waals surface area contributed by atoms with Gasteiger partial charge in [-0.25, -0.2) is 4.39 Å². The molecule has 0 bridgehead atoms. The van der Waals surface area contributed by atoms with Crippen LogP contribution in [0.2, 0.25) is 0 Å². The molecular formula is C26H31FN2O5. The number of quaternary nitrogens is 1. The lowest BCUT2D eigenvalue weighted by atomic mass is 9.95. The minimum Gasteiger partial charge on any atom is -0.872 e. The molecule has 1 aliphatic rings. The summed E-state index contributed by atoms with van der Waals surface area (Å²) in [6, 6.07) is 9.21. The monoisotopic (exact) mass is 470 g/mol. The smallest absolute Gasteiger partial charge is 0.295 e. The standard InChI is InChI=1S/C26H31FN2O5/c1-5-28(6-2)14-15-29-23(18-10-13-20(34-7-3)21(16-18)33-4)22(25(31)26(29)32)24(30)17-8-11-19(27)12-9-17/h8-13,16,23,30H,5-7,14-15H2,1-4H3. The van der Waals surface area contributed by atoms with Crippen LogP contribution in [0, 0.1) is 5.82 Å². The highest BCUT2D eigenvalue weighted by Gasteiger charge is 2.44. The molecule has 182 valence electrons. The van der Waals surface area contributed by atoms with Crippen molar-refractivity contribution in [1.29, 1.82) is 0 Å². The van der Waals surface area contributed by atoms with Gasteiger partial charge in [0.15, 0.2) is 11.5 Å². The van der Waals surface area contributed by atoms with Crippen molar-refractivity contribution in [3.8, 4) is 11.5 Å². The van der Waals surface area contributed by atoms with Gasteiger partial charge in [0.25, 0.3) is 5.91 Å². The van der Waals surface area contributed by atoms with Gasteiger partial charge in [-0.2, -0.15) is 0 Å². The van der Waals surface area contributed by atoms with E-state index in [9.17, 15) is 19.1 Å². The predicted octanol–water partition coefficient (Wildman–Crippen LogP) is 1.38. The molecule has 1 atom stereocenters. The molecule has 1 unspecified atom stereocenters. The van der Waals surface area contributed by atoms with Gasteiger partial charge in [0.1, 0.15) is 5.82 Å². The zero-order chi connectivity index (χ0) is 24.8. The lowest BCUT2D eigenvalue weighted by Gasteiger charge is -2.29. The average molecular weight is 471 g/mol. The molecule has 0 radical (unpaired) electrons. The number of methoxy groups -OCH3 is 1. The average Bonchev–Trinajstić information content (AvgIpc) is 3.10. The highest BCUT2D eigenvalue weighted by molar-refractivity contribution is 6.46. The van der Waals surface area contributed by atoms with Crippen LogP contribution in [0.3, 0.4) is 0 Å². The number of carbonyl (C=O) groups is 2. The number of carbonyl (C=O) groups excluding carboxylic acids is 2. The van der Waals surface area contributed by atoms with Crippen LogP contribution in [-0.4, -0.2) is 56.5 Å². The number of ketones is 1. The topological polar surface area (TPSA) is 83.3 Å². The molecule has 3 rings (SSSR count). The quantitative estimate of drug-likeness (QED) is 0.322. The lowest BCUT2D eigenvalue weighted by molar-refractivity contribution is -0.895. The van der Waals surface area contributed by atoms with E-state index >= 15 is 0 Å². The summed E-state index contributed by atoms with van der Waals surface area (Å²) >= 11 is 0. The maximum Gasteiger partial charge on any atom is 0.295 e. The summed E-state index contributed by atoms with van der Waals surface area (Å²) < 4.78 is 24.5. The van der Waals surface area contributed by atoms with E-state index in [0.717, 1.165) is 25.2 Å². The van der Waals surface area contributed by atoms with Gasteiger partial charge in [0, 0.05) is 5.57 Å². The number of halogens is 1. The van der Waals surface area contributed by atoms with Crippen molar-refractivity contribution < 1.29 is 33.5 Å². The van der Waals surface area contributed by atoms with Crippen molar-refractivity contribution >= 4 is 17.4 Å². The van der Waals surface area contributed by atoms with Crippen LogP contribution in [0.5, 0.6) is 11.5 Å². The third-order valence-corrected chi connectivity index (χ3v) is 6.15. The van der Waals surface area contributed by atoms with E-state index in [-0.39, 0.29) is 11.1 Å². The first kappa shape index (κ1) is 25.2. The van der Waals surface area contributed by atoms with Crippen LogP contribution in [0.4, 0.5) is 4.39 Å². The molecule has 0 aliphatic carbocycles. The summed E-state index contributed by atoms with van der Waals surface area (Å²) in [5.74, 6) is -1.67. The Morgan fingerprint density at radius 2 is 1.74 bits per heavy atom. The van der Waals surface area contributed by atoms with Crippen LogP contribution in [0.15, 0.2) is 48.0 Å². The maximum absolute atomic E-state index is 13.4. The summed E-state index contributed by atoms with van der Waals surface area (Å²) in [4.78, 5) is 28.9. The molecule has 1 N–H and O–H groups in total. The SMILES string of the molecule is CCOc1ccc(C2C(=C([O-])c3ccc(F)cc3)C(=O)C(=O)N2CC[NH+](CC)CC)cc1OC. The van der Waals surface area contributed by atoms with E-state index in [1.165, 1.54) is 29.0 Å². The molecule has 8 heteroatoms. The molecule has 1 amide bonds. The summed E-state index contributed by atoms with van der Waals surface area (Å²) in [7, 11) is 1.50. The van der Waals surface area contributed by atoms with Crippen molar-refractivity contribution in [3.63, 3.8) is 0 Å². The Morgan fingerprint density at radius 3 is 2.32 bits per heavy atom. The number of nitrogens with zero attached hydrogens (tertiary/aromatic N) is 1. The molecule has 0 spiro atoms. The zero-order valence-electron chi connectivity index (χ0n) is 20.0. The third-order valence-electron chi connectivity index (χ3n) is 6.15. The van der Waals surface area contributed by atoms with Crippen LogP contribution >= 0.6 is 0 Å². The van der Waals surface area contributed by atoms with E-state index in [4.69, 9.17) is 9.47 Å². The predicted molar refractivity (Wildman–Crippen MR) is 124 cm³/mol. The van der Waals surface area contributed by atoms with Gasteiger partial charge in [0.2, 0.25) is 5.78 Å². The number of hydrogen-bond acceptors (Lipinski definition) is 5. The summed E-state index contributed by atoms with van der Waals surface area (Å²) in [5.41, 5.74) is 0.577. The minimum atomic E-state index is -0.878. The molecule has 1 fully saturated rings. The first-order valence-corrected chi connectivity index (χ1v) is 11.5. The molecule has 1 aliphatic heterocycles. The number of amides is 1. The van der Waals surface area contributed by atoms with Gasteiger partial charge in [-0.1, -0.05) is 24.0 Å². The highest BCUT2D eigenvalue weighted by Crippen LogP contribution is 2.41. The van der Waals surface area contributed by atoms with E-state index in [1.54, 1.807) is 18.2 Å². The summed E-state index contributed by atoms with van der Waals surface area (Å²) in [5, 5.41) is 13.4. The van der Waals surface area contributed by atoms with Gasteiger partial charge < -0.3 is 24.4 Å². The largest absolute Gasteiger partial charge is 0.872 e. The number of ether oxygens (including phenoxy) is 2. The Bertz CT molecular complexity index is 1060. The van der Waals surface area contributed by atoms with Crippen molar-refractivity contribution in [2.24, 2.45) is 0 Å².